The normalized spacial score (nSPS) is 23.2. The Balaban J connectivity index is 2.09. The van der Waals surface area contributed by atoms with Crippen molar-refractivity contribution < 1.29 is 4.79 Å². The molecule has 1 aromatic rings. The number of carbonyl (C=O) groups is 1. The van der Waals surface area contributed by atoms with Gasteiger partial charge in [0.2, 0.25) is 0 Å². The molecule has 0 bridgehead atoms. The summed E-state index contributed by atoms with van der Waals surface area (Å²) < 4.78 is 0. The van der Waals surface area contributed by atoms with Gasteiger partial charge in [0.25, 0.3) is 0 Å². The maximum absolute atomic E-state index is 12.7. The molecular weight excluding hydrogens is 268 g/mol. The van der Waals surface area contributed by atoms with E-state index in [1.165, 1.54) is 0 Å². The van der Waals surface area contributed by atoms with Crippen molar-refractivity contribution in [2.45, 2.75) is 58.8 Å². The predicted molar refractivity (Wildman–Crippen MR) is 84.4 cm³/mol. The summed E-state index contributed by atoms with van der Waals surface area (Å²) in [7, 11) is 0. The summed E-state index contributed by atoms with van der Waals surface area (Å²) in [5, 5.41) is 6.43. The zero-order valence-corrected chi connectivity index (χ0v) is 13.9. The quantitative estimate of drug-likeness (QED) is 0.905. The number of nitrogens with one attached hydrogen (secondary N) is 1. The number of thiazole rings is 1. The minimum absolute atomic E-state index is 0.0633. The lowest BCUT2D eigenvalue weighted by atomic mass is 9.77. The van der Waals surface area contributed by atoms with Crippen molar-refractivity contribution in [1.29, 1.82) is 0 Å². The highest BCUT2D eigenvalue weighted by Crippen LogP contribution is 2.34. The first kappa shape index (κ1) is 15.6. The Hall–Kier alpha value is -0.740. The van der Waals surface area contributed by atoms with Gasteiger partial charge >= 0.3 is 0 Å². The molecule has 2 heterocycles. The number of nitrogens with zero attached hydrogens (tertiary/aromatic N) is 1. The van der Waals surface area contributed by atoms with Crippen molar-refractivity contribution in [2.75, 3.05) is 13.1 Å². The van der Waals surface area contributed by atoms with Gasteiger partial charge in [0.05, 0.1) is 12.1 Å². The Kier molecular flexibility index (Phi) is 4.65. The molecule has 0 radical (unpaired) electrons. The summed E-state index contributed by atoms with van der Waals surface area (Å²) >= 11 is 1.63. The smallest absolute Gasteiger partial charge is 0.147 e. The van der Waals surface area contributed by atoms with Gasteiger partial charge in [-0.15, -0.1) is 11.3 Å². The summed E-state index contributed by atoms with van der Waals surface area (Å²) in [6, 6.07) is 0. The lowest BCUT2D eigenvalue weighted by molar-refractivity contribution is -0.127. The minimum atomic E-state index is -0.137. The van der Waals surface area contributed by atoms with E-state index in [1.807, 2.05) is 0 Å². The molecule has 1 aliphatic heterocycles. The molecule has 0 aliphatic carbocycles. The maximum Gasteiger partial charge on any atom is 0.147 e. The van der Waals surface area contributed by atoms with Crippen LogP contribution in [0.4, 0.5) is 0 Å². The standard InChI is InChI=1S/C16H26N2OS/c1-5-6-16(7-8-17-11-16)13(19)9-14-18-12(10-20-14)15(2,3)4/h10,17H,5-9,11H2,1-4H3. The topological polar surface area (TPSA) is 42.0 Å². The van der Waals surface area contributed by atoms with Crippen LogP contribution in [0.1, 0.15) is 57.7 Å². The van der Waals surface area contributed by atoms with Gasteiger partial charge in [0.1, 0.15) is 10.8 Å². The van der Waals surface area contributed by atoms with Crippen molar-refractivity contribution >= 4 is 17.1 Å². The monoisotopic (exact) mass is 294 g/mol. The fourth-order valence-corrected chi connectivity index (χ4v) is 3.89. The van der Waals surface area contributed by atoms with Crippen molar-refractivity contribution in [3.8, 4) is 0 Å². The second-order valence-electron chi connectivity index (χ2n) is 6.93. The van der Waals surface area contributed by atoms with Crippen LogP contribution >= 0.6 is 11.3 Å². The van der Waals surface area contributed by atoms with E-state index in [0.717, 1.165) is 43.1 Å². The molecule has 3 nitrogen and oxygen atoms in total. The Bertz CT molecular complexity index is 467. The van der Waals surface area contributed by atoms with Crippen LogP contribution in [0.2, 0.25) is 0 Å². The van der Waals surface area contributed by atoms with E-state index < -0.39 is 0 Å². The molecule has 20 heavy (non-hydrogen) atoms. The molecule has 0 aromatic carbocycles. The maximum atomic E-state index is 12.7. The van der Waals surface area contributed by atoms with Crippen LogP contribution in [0.15, 0.2) is 5.38 Å². The van der Waals surface area contributed by atoms with E-state index >= 15 is 0 Å². The van der Waals surface area contributed by atoms with Crippen molar-refractivity contribution in [2.24, 2.45) is 5.41 Å². The van der Waals surface area contributed by atoms with Gasteiger partial charge in [-0.05, 0) is 19.4 Å². The third-order valence-corrected chi connectivity index (χ3v) is 5.04. The molecule has 0 saturated carbocycles. The number of ketones is 1. The van der Waals surface area contributed by atoms with Gasteiger partial charge in [-0.1, -0.05) is 34.1 Å². The fraction of sp³-hybridized carbons (Fsp3) is 0.750. The van der Waals surface area contributed by atoms with E-state index in [4.69, 9.17) is 0 Å². The zero-order valence-electron chi connectivity index (χ0n) is 13.1. The second kappa shape index (κ2) is 5.94. The lowest BCUT2D eigenvalue weighted by Crippen LogP contribution is -2.34. The molecule has 1 N–H and O–H groups in total. The first-order valence-electron chi connectivity index (χ1n) is 7.56. The zero-order chi connectivity index (χ0) is 14.8. The van der Waals surface area contributed by atoms with Crippen LogP contribution in [0, 0.1) is 5.41 Å². The largest absolute Gasteiger partial charge is 0.316 e. The van der Waals surface area contributed by atoms with Crippen LogP contribution in [-0.2, 0) is 16.6 Å². The molecule has 4 heteroatoms. The van der Waals surface area contributed by atoms with Crippen LogP contribution in [0.25, 0.3) is 0 Å². The lowest BCUT2D eigenvalue weighted by Gasteiger charge is -2.25. The van der Waals surface area contributed by atoms with Crippen LogP contribution in [0.3, 0.4) is 0 Å². The third kappa shape index (κ3) is 3.29. The number of Topliss-reactive ketones (excluding diaryl/α,β-unsaturated/α-hetero) is 1. The van der Waals surface area contributed by atoms with E-state index in [2.05, 4.69) is 43.4 Å². The van der Waals surface area contributed by atoms with Crippen molar-refractivity contribution in [1.82, 2.24) is 10.3 Å². The molecule has 2 rings (SSSR count). The predicted octanol–water partition coefficient (Wildman–Crippen LogP) is 3.33. The molecular formula is C16H26N2OS. The molecule has 1 atom stereocenters. The number of rotatable bonds is 5. The molecule has 1 aliphatic rings. The first-order chi connectivity index (χ1) is 9.37. The number of hydrogen-bond donors (Lipinski definition) is 1. The molecule has 0 amide bonds. The van der Waals surface area contributed by atoms with E-state index in [1.54, 1.807) is 11.3 Å². The third-order valence-electron chi connectivity index (χ3n) is 4.20. The summed E-state index contributed by atoms with van der Waals surface area (Å²) in [5.74, 6) is 0.374. The SMILES string of the molecule is CCCC1(C(=O)Cc2nc(C(C)(C)C)cs2)CCNC1. The highest BCUT2D eigenvalue weighted by atomic mass is 32.1. The highest BCUT2D eigenvalue weighted by Gasteiger charge is 2.40. The van der Waals surface area contributed by atoms with Gasteiger partial charge in [-0.25, -0.2) is 4.98 Å². The highest BCUT2D eigenvalue weighted by molar-refractivity contribution is 7.09. The van der Waals surface area contributed by atoms with Crippen molar-refractivity contribution in [3.05, 3.63) is 16.1 Å². The minimum Gasteiger partial charge on any atom is -0.316 e. The van der Waals surface area contributed by atoms with Crippen molar-refractivity contribution in [3.63, 3.8) is 0 Å². The van der Waals surface area contributed by atoms with E-state index in [0.29, 0.717) is 12.2 Å². The summed E-state index contributed by atoms with van der Waals surface area (Å²) in [6.45, 7) is 10.5. The van der Waals surface area contributed by atoms with Gasteiger partial charge in [-0.3, -0.25) is 4.79 Å². The molecule has 1 aromatic heterocycles. The van der Waals surface area contributed by atoms with Crippen LogP contribution in [-0.4, -0.2) is 23.9 Å². The van der Waals surface area contributed by atoms with Gasteiger partial charge in [0.15, 0.2) is 0 Å². The molecule has 1 unspecified atom stereocenters. The molecule has 1 fully saturated rings. The first-order valence-corrected chi connectivity index (χ1v) is 8.44. The van der Waals surface area contributed by atoms with Gasteiger partial charge in [-0.2, -0.15) is 0 Å². The second-order valence-corrected chi connectivity index (χ2v) is 7.88. The number of hydrogen-bond acceptors (Lipinski definition) is 4. The van der Waals surface area contributed by atoms with E-state index in [9.17, 15) is 4.79 Å². The average Bonchev–Trinajstić information content (AvgIpc) is 2.98. The van der Waals surface area contributed by atoms with Crippen LogP contribution in [0.5, 0.6) is 0 Å². The summed E-state index contributed by atoms with van der Waals surface area (Å²) in [5.41, 5.74) is 1.02. The number of carbonyl (C=O) groups excluding carboxylic acids is 1. The fourth-order valence-electron chi connectivity index (χ4n) is 2.87. The van der Waals surface area contributed by atoms with Gasteiger partial charge < -0.3 is 5.32 Å². The average molecular weight is 294 g/mol. The Morgan fingerprint density at radius 1 is 1.50 bits per heavy atom. The summed E-state index contributed by atoms with van der Waals surface area (Å²) in [6.07, 6.45) is 3.55. The molecule has 1 saturated heterocycles. The van der Waals surface area contributed by atoms with E-state index in [-0.39, 0.29) is 10.8 Å². The Labute approximate surface area is 126 Å². The number of aromatic nitrogens is 1. The molecule has 112 valence electrons. The van der Waals surface area contributed by atoms with Crippen LogP contribution < -0.4 is 5.32 Å². The van der Waals surface area contributed by atoms with Gasteiger partial charge in [0, 0.05) is 22.8 Å². The molecule has 0 spiro atoms. The Morgan fingerprint density at radius 3 is 2.75 bits per heavy atom. The Morgan fingerprint density at radius 2 is 2.25 bits per heavy atom. The summed E-state index contributed by atoms with van der Waals surface area (Å²) in [4.78, 5) is 17.4.